The molecule has 3 heterocycles. The molecule has 1 aliphatic carbocycles. The number of hydroxylamine groups is 3. The van der Waals surface area contributed by atoms with E-state index in [0.717, 1.165) is 35.4 Å². The average Bonchev–Trinajstić information content (AvgIpc) is 3.05. The molecule has 1 atom stereocenters. The minimum atomic E-state index is -0.765. The molecule has 2 aromatic heterocycles. The Labute approximate surface area is 212 Å². The van der Waals surface area contributed by atoms with Crippen molar-refractivity contribution in [1.82, 2.24) is 9.97 Å². The summed E-state index contributed by atoms with van der Waals surface area (Å²) in [6, 6.07) is 10.2. The van der Waals surface area contributed by atoms with Crippen LogP contribution in [-0.4, -0.2) is 40.7 Å². The third-order valence-electron chi connectivity index (χ3n) is 7.87. The summed E-state index contributed by atoms with van der Waals surface area (Å²) in [4.78, 5) is 22.0. The van der Waals surface area contributed by atoms with E-state index >= 15 is 0 Å². The fourth-order valence-electron chi connectivity index (χ4n) is 5.97. The molecule has 1 aromatic carbocycles. The Bertz CT molecular complexity index is 1280. The van der Waals surface area contributed by atoms with Crippen molar-refractivity contribution < 1.29 is 14.2 Å². The van der Waals surface area contributed by atoms with Gasteiger partial charge in [-0.1, -0.05) is 18.7 Å². The van der Waals surface area contributed by atoms with Gasteiger partial charge in [-0.25, -0.2) is 4.79 Å². The number of likely N-dealkylation sites (tertiary alicyclic amines) is 1. The highest BCUT2D eigenvalue weighted by Crippen LogP contribution is 2.47. The molecular formula is C30H33N3O3. The minimum absolute atomic E-state index is 0.0240. The topological polar surface area (TPSA) is 75.1 Å². The molecule has 1 unspecified atom stereocenters. The van der Waals surface area contributed by atoms with Gasteiger partial charge in [0.15, 0.2) is 0 Å². The van der Waals surface area contributed by atoms with Gasteiger partial charge in [0, 0.05) is 42.9 Å². The quantitative estimate of drug-likeness (QED) is 0.370. The summed E-state index contributed by atoms with van der Waals surface area (Å²) >= 11 is 0. The van der Waals surface area contributed by atoms with Gasteiger partial charge in [-0.2, -0.15) is 0 Å². The maximum atomic E-state index is 13.6. The molecule has 36 heavy (non-hydrogen) atoms. The molecule has 0 radical (unpaired) electrons. The molecule has 6 nitrogen and oxygen atoms in total. The lowest BCUT2D eigenvalue weighted by Gasteiger charge is -2.46. The summed E-state index contributed by atoms with van der Waals surface area (Å²) in [7, 11) is 1.73. The molecule has 0 saturated carbocycles. The first-order chi connectivity index (χ1) is 17.4. The lowest BCUT2D eigenvalue weighted by Crippen LogP contribution is -2.53. The van der Waals surface area contributed by atoms with Crippen LogP contribution in [0.5, 0.6) is 5.75 Å². The highest BCUT2D eigenvalue weighted by molar-refractivity contribution is 5.72. The van der Waals surface area contributed by atoms with Gasteiger partial charge in [-0.3, -0.25) is 14.6 Å². The van der Waals surface area contributed by atoms with Crippen LogP contribution in [0.15, 0.2) is 55.5 Å². The number of methoxy groups -OCH3 is 1. The van der Waals surface area contributed by atoms with Crippen LogP contribution in [0.1, 0.15) is 57.8 Å². The number of quaternary nitrogens is 1. The number of carbonyl (C=O) groups excluding carboxylic acids is 1. The number of ether oxygens (including phenoxy) is 1. The van der Waals surface area contributed by atoms with Crippen LogP contribution in [0.2, 0.25) is 0 Å². The number of fused-ring (bicyclic) bond motifs is 2. The summed E-state index contributed by atoms with van der Waals surface area (Å²) < 4.78 is 5.14. The predicted octanol–water partition coefficient (Wildman–Crippen LogP) is 5.16. The molecule has 1 saturated heterocycles. The Balaban J connectivity index is 1.48. The van der Waals surface area contributed by atoms with Crippen molar-refractivity contribution in [3.8, 4) is 5.75 Å². The van der Waals surface area contributed by atoms with Crippen LogP contribution >= 0.6 is 0 Å². The lowest BCUT2D eigenvalue weighted by molar-refractivity contribution is -0.811. The van der Waals surface area contributed by atoms with E-state index < -0.39 is 4.65 Å². The van der Waals surface area contributed by atoms with Gasteiger partial charge in [0.05, 0.1) is 32.3 Å². The van der Waals surface area contributed by atoms with Crippen LogP contribution in [-0.2, 0) is 24.1 Å². The maximum absolute atomic E-state index is 13.6. The van der Waals surface area contributed by atoms with Crippen LogP contribution in [0.3, 0.4) is 0 Å². The van der Waals surface area contributed by atoms with Crippen LogP contribution in [0, 0.1) is 18.0 Å². The minimum Gasteiger partial charge on any atom is -0.625 e. The zero-order valence-corrected chi connectivity index (χ0v) is 21.1. The van der Waals surface area contributed by atoms with E-state index in [1.807, 2.05) is 12.3 Å². The molecule has 6 heteroatoms. The van der Waals surface area contributed by atoms with E-state index in [1.54, 1.807) is 31.6 Å². The number of aryl methyl sites for hydroxylation is 3. The van der Waals surface area contributed by atoms with Crippen molar-refractivity contribution in [2.24, 2.45) is 5.92 Å². The largest absolute Gasteiger partial charge is 0.625 e. The highest BCUT2D eigenvalue weighted by atomic mass is 16.6. The van der Waals surface area contributed by atoms with Crippen molar-refractivity contribution in [1.29, 1.82) is 0 Å². The van der Waals surface area contributed by atoms with Gasteiger partial charge in [0.25, 0.3) is 0 Å². The van der Waals surface area contributed by atoms with E-state index in [2.05, 4.69) is 36.7 Å². The number of hydrogen-bond donors (Lipinski definition) is 0. The van der Waals surface area contributed by atoms with E-state index in [1.165, 1.54) is 22.3 Å². The average molecular weight is 484 g/mol. The molecule has 1 aliphatic heterocycles. The molecule has 0 bridgehead atoms. The van der Waals surface area contributed by atoms with Crippen molar-refractivity contribution in [2.45, 2.75) is 44.9 Å². The number of amides is 1. The summed E-state index contributed by atoms with van der Waals surface area (Å²) in [5, 5.41) is 13.6. The van der Waals surface area contributed by atoms with Gasteiger partial charge >= 0.3 is 5.91 Å². The summed E-state index contributed by atoms with van der Waals surface area (Å²) in [5.41, 5.74) is 7.81. The third-order valence-corrected chi connectivity index (χ3v) is 7.87. The van der Waals surface area contributed by atoms with Crippen molar-refractivity contribution in [3.05, 3.63) is 99.8 Å². The second-order valence-corrected chi connectivity index (χ2v) is 10.1. The Kier molecular flexibility index (Phi) is 6.73. The van der Waals surface area contributed by atoms with Gasteiger partial charge < -0.3 is 9.94 Å². The number of aromatic nitrogens is 2. The SMILES string of the molecule is C=Cc1cnc2c(c1)CCc1cc(C)cc(OC)c1C2C1CC[N+]([O-])(C(=O)Cc2ccncc2)CC1. The monoisotopic (exact) mass is 483 g/mol. The Hall–Kier alpha value is -3.35. The first kappa shape index (κ1) is 24.3. The van der Waals surface area contributed by atoms with Gasteiger partial charge in [-0.15, -0.1) is 0 Å². The lowest BCUT2D eigenvalue weighted by atomic mass is 9.75. The molecule has 0 spiro atoms. The van der Waals surface area contributed by atoms with Crippen molar-refractivity contribution in [3.63, 3.8) is 0 Å². The van der Waals surface area contributed by atoms with E-state index in [-0.39, 0.29) is 37.3 Å². The van der Waals surface area contributed by atoms with E-state index in [0.29, 0.717) is 12.8 Å². The number of carbonyl (C=O) groups is 1. The zero-order chi connectivity index (χ0) is 25.3. The first-order valence-corrected chi connectivity index (χ1v) is 12.7. The van der Waals surface area contributed by atoms with Crippen LogP contribution in [0.4, 0.5) is 0 Å². The van der Waals surface area contributed by atoms with Crippen molar-refractivity contribution >= 4 is 12.0 Å². The number of nitrogens with zero attached hydrogens (tertiary/aromatic N) is 3. The molecule has 2 aliphatic rings. The van der Waals surface area contributed by atoms with Crippen LogP contribution in [0.25, 0.3) is 6.08 Å². The second-order valence-electron chi connectivity index (χ2n) is 10.1. The molecule has 1 fully saturated rings. The normalized spacial score (nSPS) is 23.2. The Morgan fingerprint density at radius 3 is 2.58 bits per heavy atom. The van der Waals surface area contributed by atoms with Crippen molar-refractivity contribution in [2.75, 3.05) is 20.2 Å². The molecule has 1 amide bonds. The maximum Gasteiger partial charge on any atom is 0.318 e. The van der Waals surface area contributed by atoms with E-state index in [9.17, 15) is 10.0 Å². The van der Waals surface area contributed by atoms with Gasteiger partial charge in [0.1, 0.15) is 5.75 Å². The number of pyridine rings is 2. The molecule has 186 valence electrons. The van der Waals surface area contributed by atoms with Crippen LogP contribution < -0.4 is 4.74 Å². The fraction of sp³-hybridized carbons (Fsp3) is 0.367. The summed E-state index contributed by atoms with van der Waals surface area (Å²) in [5.74, 6) is 0.840. The first-order valence-electron chi connectivity index (χ1n) is 12.7. The predicted molar refractivity (Wildman–Crippen MR) is 140 cm³/mol. The summed E-state index contributed by atoms with van der Waals surface area (Å²) in [6.45, 7) is 6.59. The zero-order valence-electron chi connectivity index (χ0n) is 21.1. The van der Waals surface area contributed by atoms with Gasteiger partial charge in [-0.05, 0) is 77.8 Å². The molecule has 3 aromatic rings. The van der Waals surface area contributed by atoms with E-state index in [4.69, 9.17) is 9.72 Å². The standard InChI is InChI=1S/C30H33N3O3/c1-4-21-17-25-6-5-24-15-20(2)16-26(36-3)28(24)29(30(25)32-19-21)23-9-13-33(35,14-10-23)27(34)18-22-7-11-31-12-8-22/h4,7-8,11-12,15-17,19,23,29H,1,5-6,9-10,13-14,18H2,2-3H3. The molecule has 5 rings (SSSR count). The number of piperidine rings is 1. The Morgan fingerprint density at radius 1 is 1.17 bits per heavy atom. The third kappa shape index (κ3) is 4.59. The second kappa shape index (κ2) is 9.96. The molecular weight excluding hydrogens is 450 g/mol. The number of hydrogen-bond acceptors (Lipinski definition) is 5. The number of rotatable bonds is 5. The smallest absolute Gasteiger partial charge is 0.318 e. The Morgan fingerprint density at radius 2 is 1.89 bits per heavy atom. The van der Waals surface area contributed by atoms with Gasteiger partial charge in [0.2, 0.25) is 0 Å². The highest BCUT2D eigenvalue weighted by Gasteiger charge is 2.40. The number of benzene rings is 1. The summed E-state index contributed by atoms with van der Waals surface area (Å²) in [6.07, 6.45) is 10.3. The fourth-order valence-corrected chi connectivity index (χ4v) is 5.97. The molecule has 0 N–H and O–H groups in total.